The predicted octanol–water partition coefficient (Wildman–Crippen LogP) is 2.99. The molecular formula is C26H25N3O5S. The first-order valence-electron chi connectivity index (χ1n) is 11.1. The van der Waals surface area contributed by atoms with Gasteiger partial charge in [0.1, 0.15) is 18.4 Å². The lowest BCUT2D eigenvalue weighted by atomic mass is 10.0. The third kappa shape index (κ3) is 6.26. The number of carboxylic acids is 1. The highest BCUT2D eigenvalue weighted by Crippen LogP contribution is 2.21. The SMILES string of the molecule is O=C(O)[C@H](Cc1ccc(OCc2ccccc2)cc1)N(C(=O)c1cccnc1)C(=O)[C@@H]1CSCN1. The monoisotopic (exact) mass is 491 g/mol. The summed E-state index contributed by atoms with van der Waals surface area (Å²) < 4.78 is 5.80. The molecule has 0 aliphatic carbocycles. The highest BCUT2D eigenvalue weighted by Gasteiger charge is 2.39. The third-order valence-electron chi connectivity index (χ3n) is 5.58. The van der Waals surface area contributed by atoms with Crippen LogP contribution in [0.4, 0.5) is 0 Å². The lowest BCUT2D eigenvalue weighted by Gasteiger charge is -2.29. The third-order valence-corrected chi connectivity index (χ3v) is 6.52. The number of imide groups is 1. The van der Waals surface area contributed by atoms with Gasteiger partial charge in [0.2, 0.25) is 5.91 Å². The van der Waals surface area contributed by atoms with Crippen molar-refractivity contribution < 1.29 is 24.2 Å². The number of carboxylic acid groups (broad SMARTS) is 1. The molecule has 2 aromatic carbocycles. The van der Waals surface area contributed by atoms with E-state index in [2.05, 4.69) is 10.3 Å². The first kappa shape index (κ1) is 24.4. The molecule has 2 heterocycles. The molecule has 4 rings (SSSR count). The molecular weight excluding hydrogens is 466 g/mol. The Kier molecular flexibility index (Phi) is 8.12. The van der Waals surface area contributed by atoms with Gasteiger partial charge in [0.15, 0.2) is 0 Å². The quantitative estimate of drug-likeness (QED) is 0.440. The number of carbonyl (C=O) groups is 3. The molecule has 1 saturated heterocycles. The van der Waals surface area contributed by atoms with Gasteiger partial charge in [-0.1, -0.05) is 42.5 Å². The maximum absolute atomic E-state index is 13.3. The Morgan fingerprint density at radius 3 is 2.46 bits per heavy atom. The Morgan fingerprint density at radius 1 is 1.06 bits per heavy atom. The van der Waals surface area contributed by atoms with Crippen molar-refractivity contribution in [1.29, 1.82) is 0 Å². The van der Waals surface area contributed by atoms with Crippen molar-refractivity contribution >= 4 is 29.5 Å². The van der Waals surface area contributed by atoms with Crippen LogP contribution in [0.15, 0.2) is 79.1 Å². The van der Waals surface area contributed by atoms with Crippen LogP contribution in [0.5, 0.6) is 5.75 Å². The maximum Gasteiger partial charge on any atom is 0.327 e. The topological polar surface area (TPSA) is 109 Å². The number of benzene rings is 2. The van der Waals surface area contributed by atoms with Gasteiger partial charge in [-0.3, -0.25) is 24.8 Å². The Morgan fingerprint density at radius 2 is 1.83 bits per heavy atom. The fourth-order valence-corrected chi connectivity index (χ4v) is 4.65. The highest BCUT2D eigenvalue weighted by molar-refractivity contribution is 7.99. The zero-order valence-corrected chi connectivity index (χ0v) is 19.7. The molecule has 2 N–H and O–H groups in total. The molecule has 0 bridgehead atoms. The number of nitrogens with zero attached hydrogens (tertiary/aromatic N) is 2. The van der Waals surface area contributed by atoms with E-state index in [9.17, 15) is 19.5 Å². The van der Waals surface area contributed by atoms with Crippen molar-refractivity contribution in [3.05, 3.63) is 95.8 Å². The van der Waals surface area contributed by atoms with Gasteiger partial charge in [0, 0.05) is 30.4 Å². The summed E-state index contributed by atoms with van der Waals surface area (Å²) in [4.78, 5) is 43.7. The second kappa shape index (κ2) is 11.6. The average Bonchev–Trinajstić information content (AvgIpc) is 3.44. The van der Waals surface area contributed by atoms with Gasteiger partial charge in [-0.2, -0.15) is 0 Å². The second-order valence-electron chi connectivity index (χ2n) is 8.00. The van der Waals surface area contributed by atoms with Crippen LogP contribution in [0.3, 0.4) is 0 Å². The van der Waals surface area contributed by atoms with Crippen LogP contribution in [0.2, 0.25) is 0 Å². The molecule has 1 fully saturated rings. The van der Waals surface area contributed by atoms with Gasteiger partial charge in [-0.25, -0.2) is 4.79 Å². The van der Waals surface area contributed by atoms with Crippen LogP contribution in [-0.2, 0) is 22.6 Å². The van der Waals surface area contributed by atoms with E-state index < -0.39 is 29.9 Å². The molecule has 0 radical (unpaired) electrons. The van der Waals surface area contributed by atoms with Crippen LogP contribution in [0, 0.1) is 0 Å². The minimum Gasteiger partial charge on any atom is -0.489 e. The standard InChI is InChI=1S/C26H25N3O5S/c30-24(20-7-4-12-27-14-20)29(25(31)22-16-35-17-28-22)23(26(32)33)13-18-8-10-21(11-9-18)34-15-19-5-2-1-3-6-19/h1-12,14,22-23,28H,13,15-17H2,(H,32,33)/t22-,23-/m0/s1. The van der Waals surface area contributed by atoms with Crippen LogP contribution in [-0.4, -0.2) is 56.5 Å². The van der Waals surface area contributed by atoms with Crippen LogP contribution in [0.25, 0.3) is 0 Å². The zero-order chi connectivity index (χ0) is 24.6. The average molecular weight is 492 g/mol. The number of nitrogens with one attached hydrogen (secondary N) is 1. The van der Waals surface area contributed by atoms with E-state index in [1.54, 1.807) is 30.3 Å². The number of pyridine rings is 1. The van der Waals surface area contributed by atoms with Crippen molar-refractivity contribution in [2.24, 2.45) is 0 Å². The molecule has 3 aromatic rings. The minimum atomic E-state index is -1.38. The smallest absolute Gasteiger partial charge is 0.327 e. The molecule has 9 heteroatoms. The normalized spacial score (nSPS) is 15.8. The number of amides is 2. The van der Waals surface area contributed by atoms with Crippen molar-refractivity contribution in [2.75, 3.05) is 11.6 Å². The van der Waals surface area contributed by atoms with E-state index in [-0.39, 0.29) is 12.0 Å². The maximum atomic E-state index is 13.3. The molecule has 0 unspecified atom stereocenters. The number of aliphatic carboxylic acids is 1. The Labute approximate surface area is 207 Å². The van der Waals surface area contributed by atoms with E-state index in [1.807, 2.05) is 30.3 Å². The number of aromatic nitrogens is 1. The molecule has 8 nitrogen and oxygen atoms in total. The van der Waals surface area contributed by atoms with E-state index in [4.69, 9.17) is 4.74 Å². The first-order chi connectivity index (χ1) is 17.0. The summed E-state index contributed by atoms with van der Waals surface area (Å²) in [5, 5.41) is 13.1. The lowest BCUT2D eigenvalue weighted by Crippen LogP contribution is -2.55. The summed E-state index contributed by atoms with van der Waals surface area (Å²) in [7, 11) is 0. The number of thioether (sulfide) groups is 1. The van der Waals surface area contributed by atoms with Crippen LogP contribution in [0.1, 0.15) is 21.5 Å². The first-order valence-corrected chi connectivity index (χ1v) is 12.3. The summed E-state index contributed by atoms with van der Waals surface area (Å²) >= 11 is 1.52. The number of hydrogen-bond donors (Lipinski definition) is 2. The van der Waals surface area contributed by atoms with Gasteiger partial charge < -0.3 is 9.84 Å². The number of rotatable bonds is 9. The molecule has 2 atom stereocenters. The van der Waals surface area contributed by atoms with Crippen LogP contribution >= 0.6 is 11.8 Å². The second-order valence-corrected chi connectivity index (χ2v) is 9.03. The van der Waals surface area contributed by atoms with Crippen molar-refractivity contribution in [1.82, 2.24) is 15.2 Å². The lowest BCUT2D eigenvalue weighted by molar-refractivity contribution is -0.148. The fraction of sp³-hybridized carbons (Fsp3) is 0.231. The number of hydrogen-bond acceptors (Lipinski definition) is 7. The summed E-state index contributed by atoms with van der Waals surface area (Å²) in [6.07, 6.45) is 2.80. The molecule has 2 amide bonds. The van der Waals surface area contributed by atoms with Crippen LogP contribution < -0.4 is 10.1 Å². The van der Waals surface area contributed by atoms with Gasteiger partial charge in [-0.05, 0) is 35.4 Å². The Balaban J connectivity index is 1.53. The molecule has 1 aliphatic heterocycles. The van der Waals surface area contributed by atoms with Gasteiger partial charge in [0.25, 0.3) is 5.91 Å². The number of ether oxygens (including phenoxy) is 1. The molecule has 0 spiro atoms. The van der Waals surface area contributed by atoms with Crippen molar-refractivity contribution in [3.8, 4) is 5.75 Å². The fourth-order valence-electron chi connectivity index (χ4n) is 3.72. The summed E-state index contributed by atoms with van der Waals surface area (Å²) in [5.41, 5.74) is 1.85. The largest absolute Gasteiger partial charge is 0.489 e. The van der Waals surface area contributed by atoms with E-state index >= 15 is 0 Å². The zero-order valence-electron chi connectivity index (χ0n) is 18.9. The summed E-state index contributed by atoms with van der Waals surface area (Å²) in [6, 6.07) is 17.8. The summed E-state index contributed by atoms with van der Waals surface area (Å²) in [6.45, 7) is 0.409. The summed E-state index contributed by atoms with van der Waals surface area (Å²) in [5.74, 6) is -0.832. The van der Waals surface area contributed by atoms with E-state index in [1.165, 1.54) is 30.2 Å². The van der Waals surface area contributed by atoms with Gasteiger partial charge in [-0.15, -0.1) is 11.8 Å². The van der Waals surface area contributed by atoms with Crippen molar-refractivity contribution in [2.45, 2.75) is 25.1 Å². The highest BCUT2D eigenvalue weighted by atomic mass is 32.2. The molecule has 1 aromatic heterocycles. The molecule has 1 aliphatic rings. The Bertz CT molecular complexity index is 1150. The minimum absolute atomic E-state index is 0.0358. The predicted molar refractivity (Wildman–Crippen MR) is 132 cm³/mol. The van der Waals surface area contributed by atoms with E-state index in [0.717, 1.165) is 10.5 Å². The molecule has 0 saturated carbocycles. The number of carbonyl (C=O) groups excluding carboxylic acids is 2. The Hall–Kier alpha value is -3.69. The molecule has 35 heavy (non-hydrogen) atoms. The molecule has 180 valence electrons. The van der Waals surface area contributed by atoms with Gasteiger partial charge >= 0.3 is 5.97 Å². The van der Waals surface area contributed by atoms with E-state index in [0.29, 0.717) is 29.5 Å². The van der Waals surface area contributed by atoms with Gasteiger partial charge in [0.05, 0.1) is 11.6 Å². The van der Waals surface area contributed by atoms with Crippen molar-refractivity contribution in [3.63, 3.8) is 0 Å².